The van der Waals surface area contributed by atoms with Gasteiger partial charge in [-0.15, -0.1) is 0 Å². The third-order valence-corrected chi connectivity index (χ3v) is 2.35. The number of rotatable bonds is 2. The largest absolute Gasteiger partial charge is 0.312 e. The first-order valence-electron chi connectivity index (χ1n) is 4.02. The summed E-state index contributed by atoms with van der Waals surface area (Å²) in [4.78, 5) is 7.96. The highest BCUT2D eigenvalue weighted by atomic mass is 32.1. The molecule has 0 unspecified atom stereocenters. The highest BCUT2D eigenvalue weighted by Gasteiger charge is 2.20. The molecule has 0 amide bonds. The monoisotopic (exact) mass is 179 g/mol. The Labute approximate surface area is 76.1 Å². The fourth-order valence-electron chi connectivity index (χ4n) is 1.38. The lowest BCUT2D eigenvalue weighted by molar-refractivity contribution is 0.316. The maximum atomic E-state index is 4.53. The summed E-state index contributed by atoms with van der Waals surface area (Å²) in [7, 11) is 0. The van der Waals surface area contributed by atoms with E-state index in [1.807, 2.05) is 6.20 Å². The molecule has 1 aliphatic carbocycles. The summed E-state index contributed by atoms with van der Waals surface area (Å²) in [5, 5.41) is 2.34. The van der Waals surface area contributed by atoms with Crippen molar-refractivity contribution in [1.29, 1.82) is 0 Å². The molecule has 0 atom stereocenters. The maximum Gasteiger partial charge on any atom is 0.238 e. The second-order valence-electron chi connectivity index (χ2n) is 2.92. The van der Waals surface area contributed by atoms with Crippen molar-refractivity contribution in [2.24, 2.45) is 4.99 Å². The Morgan fingerprint density at radius 1 is 1.67 bits per heavy atom. The van der Waals surface area contributed by atoms with Crippen LogP contribution in [0.25, 0.3) is 0 Å². The first-order valence-corrected chi connectivity index (χ1v) is 4.43. The lowest BCUT2D eigenvalue weighted by atomic mass is 9.93. The fraction of sp³-hybridized carbons (Fsp3) is 0.500. The van der Waals surface area contributed by atoms with Crippen LogP contribution < -0.4 is 0 Å². The van der Waals surface area contributed by atoms with Crippen LogP contribution in [0.1, 0.15) is 25.3 Å². The van der Waals surface area contributed by atoms with Crippen LogP contribution in [-0.2, 0) is 0 Å². The van der Waals surface area contributed by atoms with Crippen molar-refractivity contribution in [1.82, 2.24) is 9.55 Å². The van der Waals surface area contributed by atoms with Crippen molar-refractivity contribution in [3.63, 3.8) is 0 Å². The van der Waals surface area contributed by atoms with Gasteiger partial charge in [-0.2, -0.15) is 4.99 Å². The molecule has 1 fully saturated rings. The molecule has 3 nitrogen and oxygen atoms in total. The summed E-state index contributed by atoms with van der Waals surface area (Å²) >= 11 is 4.53. The standard InChI is InChI=1S/C8H9N3S/c12-6-10-8-9-4-5-11(8)7-2-1-3-7/h4-5,7H,1-3H2. The molecule has 0 aliphatic heterocycles. The van der Waals surface area contributed by atoms with E-state index >= 15 is 0 Å². The zero-order valence-electron chi connectivity index (χ0n) is 6.60. The van der Waals surface area contributed by atoms with Gasteiger partial charge in [0.25, 0.3) is 0 Å². The topological polar surface area (TPSA) is 30.2 Å². The molecule has 0 saturated heterocycles. The Morgan fingerprint density at radius 2 is 2.50 bits per heavy atom. The van der Waals surface area contributed by atoms with Crippen molar-refractivity contribution >= 4 is 23.3 Å². The molecule has 1 saturated carbocycles. The highest BCUT2D eigenvalue weighted by molar-refractivity contribution is 7.78. The van der Waals surface area contributed by atoms with Crippen LogP contribution >= 0.6 is 12.2 Å². The summed E-state index contributed by atoms with van der Waals surface area (Å²) in [6.07, 6.45) is 7.48. The van der Waals surface area contributed by atoms with Crippen LogP contribution in [0.15, 0.2) is 17.4 Å². The SMILES string of the molecule is S=C=Nc1nccn1C1CCC1. The van der Waals surface area contributed by atoms with Crippen LogP contribution in [0, 0.1) is 0 Å². The highest BCUT2D eigenvalue weighted by Crippen LogP contribution is 2.33. The lowest BCUT2D eigenvalue weighted by Gasteiger charge is -2.26. The van der Waals surface area contributed by atoms with E-state index < -0.39 is 0 Å². The van der Waals surface area contributed by atoms with Gasteiger partial charge in [-0.05, 0) is 31.5 Å². The summed E-state index contributed by atoms with van der Waals surface area (Å²) < 4.78 is 2.07. The smallest absolute Gasteiger partial charge is 0.238 e. The first-order chi connectivity index (χ1) is 5.92. The molecule has 0 N–H and O–H groups in total. The first kappa shape index (κ1) is 7.65. The van der Waals surface area contributed by atoms with E-state index in [4.69, 9.17) is 0 Å². The van der Waals surface area contributed by atoms with Gasteiger partial charge in [0, 0.05) is 18.4 Å². The molecule has 2 rings (SSSR count). The third kappa shape index (κ3) is 1.19. The Bertz CT molecular complexity index is 321. The van der Waals surface area contributed by atoms with E-state index in [0.717, 1.165) is 0 Å². The predicted molar refractivity (Wildman–Crippen MR) is 49.8 cm³/mol. The molecule has 12 heavy (non-hydrogen) atoms. The summed E-state index contributed by atoms with van der Waals surface area (Å²) in [5.41, 5.74) is 0. The van der Waals surface area contributed by atoms with Gasteiger partial charge in [0.05, 0.1) is 5.16 Å². The second-order valence-corrected chi connectivity index (χ2v) is 3.10. The average molecular weight is 179 g/mol. The maximum absolute atomic E-state index is 4.53. The molecule has 1 aliphatic rings. The van der Waals surface area contributed by atoms with Gasteiger partial charge in [-0.3, -0.25) is 0 Å². The number of hydrogen-bond donors (Lipinski definition) is 0. The molecule has 0 spiro atoms. The van der Waals surface area contributed by atoms with E-state index in [9.17, 15) is 0 Å². The van der Waals surface area contributed by atoms with Crippen molar-refractivity contribution in [3.8, 4) is 0 Å². The Hall–Kier alpha value is -0.990. The van der Waals surface area contributed by atoms with E-state index in [2.05, 4.69) is 31.9 Å². The molecule has 1 aromatic rings. The van der Waals surface area contributed by atoms with E-state index in [0.29, 0.717) is 12.0 Å². The number of nitrogens with zero attached hydrogens (tertiary/aromatic N) is 3. The molecule has 62 valence electrons. The summed E-state index contributed by atoms with van der Waals surface area (Å²) in [6, 6.07) is 0.592. The Morgan fingerprint density at radius 3 is 3.08 bits per heavy atom. The minimum absolute atomic E-state index is 0.592. The van der Waals surface area contributed by atoms with Gasteiger partial charge >= 0.3 is 0 Å². The van der Waals surface area contributed by atoms with Gasteiger partial charge < -0.3 is 4.57 Å². The zero-order valence-corrected chi connectivity index (χ0v) is 7.42. The van der Waals surface area contributed by atoms with Crippen molar-refractivity contribution in [2.45, 2.75) is 25.3 Å². The molecule has 1 heterocycles. The van der Waals surface area contributed by atoms with Crippen LogP contribution in [0.2, 0.25) is 0 Å². The van der Waals surface area contributed by atoms with Crippen molar-refractivity contribution in [2.75, 3.05) is 0 Å². The molecule has 0 bridgehead atoms. The number of hydrogen-bond acceptors (Lipinski definition) is 3. The predicted octanol–water partition coefficient (Wildman–Crippen LogP) is 2.34. The van der Waals surface area contributed by atoms with E-state index in [-0.39, 0.29) is 0 Å². The second kappa shape index (κ2) is 3.17. The minimum atomic E-state index is 0.592. The molecule has 0 aromatic carbocycles. The van der Waals surface area contributed by atoms with Gasteiger partial charge in [-0.25, -0.2) is 4.98 Å². The van der Waals surface area contributed by atoms with Gasteiger partial charge in [0.15, 0.2) is 0 Å². The Kier molecular flexibility index (Phi) is 2.02. The molecule has 1 aromatic heterocycles. The molecular weight excluding hydrogens is 170 g/mol. The average Bonchev–Trinajstić information content (AvgIpc) is 2.35. The molecular formula is C8H9N3S. The Balaban J connectivity index is 2.28. The van der Waals surface area contributed by atoms with Crippen molar-refractivity contribution in [3.05, 3.63) is 12.4 Å². The summed E-state index contributed by atoms with van der Waals surface area (Å²) in [5.74, 6) is 0.690. The summed E-state index contributed by atoms with van der Waals surface area (Å²) in [6.45, 7) is 0. The van der Waals surface area contributed by atoms with Crippen LogP contribution in [-0.4, -0.2) is 14.7 Å². The van der Waals surface area contributed by atoms with Gasteiger partial charge in [-0.1, -0.05) is 0 Å². The van der Waals surface area contributed by atoms with Crippen molar-refractivity contribution < 1.29 is 0 Å². The zero-order chi connectivity index (χ0) is 8.39. The number of aromatic nitrogens is 2. The van der Waals surface area contributed by atoms with Crippen LogP contribution in [0.5, 0.6) is 0 Å². The normalized spacial score (nSPS) is 16.7. The lowest BCUT2D eigenvalue weighted by Crippen LogP contribution is -2.15. The fourth-order valence-corrected chi connectivity index (χ4v) is 1.46. The van der Waals surface area contributed by atoms with Gasteiger partial charge in [0.1, 0.15) is 0 Å². The molecule has 0 radical (unpaired) electrons. The number of aliphatic imine (C=N–C) groups is 1. The van der Waals surface area contributed by atoms with Gasteiger partial charge in [0.2, 0.25) is 5.95 Å². The minimum Gasteiger partial charge on any atom is -0.312 e. The number of thiocarbonyl (C=S) groups is 1. The van der Waals surface area contributed by atoms with Crippen LogP contribution in [0.4, 0.5) is 5.95 Å². The van der Waals surface area contributed by atoms with E-state index in [1.165, 1.54) is 19.3 Å². The quantitative estimate of drug-likeness (QED) is 0.515. The number of imidazole rings is 1. The third-order valence-electron chi connectivity index (χ3n) is 2.26. The molecule has 4 heteroatoms. The van der Waals surface area contributed by atoms with E-state index in [1.54, 1.807) is 6.20 Å². The van der Waals surface area contributed by atoms with Crippen LogP contribution in [0.3, 0.4) is 0 Å². The number of isothiocyanates is 1.